The second kappa shape index (κ2) is 7.06. The predicted octanol–water partition coefficient (Wildman–Crippen LogP) is 3.01. The summed E-state index contributed by atoms with van der Waals surface area (Å²) in [6.45, 7) is 2.01. The van der Waals surface area contributed by atoms with Gasteiger partial charge in [-0.25, -0.2) is 9.37 Å². The highest BCUT2D eigenvalue weighted by atomic mass is 32.1. The number of hydrogen-bond donors (Lipinski definition) is 2. The van der Waals surface area contributed by atoms with Gasteiger partial charge in [-0.15, -0.1) is 11.3 Å². The van der Waals surface area contributed by atoms with Gasteiger partial charge in [-0.1, -0.05) is 0 Å². The number of halogens is 1. The minimum absolute atomic E-state index is 0.158. The molecule has 1 fully saturated rings. The van der Waals surface area contributed by atoms with Crippen LogP contribution in [0.5, 0.6) is 5.75 Å². The molecule has 0 spiro atoms. The highest BCUT2D eigenvalue weighted by molar-refractivity contribution is 7.15. The van der Waals surface area contributed by atoms with Gasteiger partial charge in [-0.05, 0) is 50.0 Å². The van der Waals surface area contributed by atoms with E-state index in [1.54, 1.807) is 0 Å². The number of piperidine rings is 1. The summed E-state index contributed by atoms with van der Waals surface area (Å²) in [5, 5.41) is 6.58. The number of rotatable bonds is 4. The van der Waals surface area contributed by atoms with E-state index in [2.05, 4.69) is 15.6 Å². The highest BCUT2D eigenvalue weighted by Crippen LogP contribution is 2.32. The first-order valence-electron chi connectivity index (χ1n) is 7.48. The highest BCUT2D eigenvalue weighted by Gasteiger charge is 2.19. The number of nitrogens with zero attached hydrogens (tertiary/aromatic N) is 1. The Bertz CT molecular complexity index is 698. The summed E-state index contributed by atoms with van der Waals surface area (Å²) in [6, 6.07) is 3.86. The van der Waals surface area contributed by atoms with Crippen molar-refractivity contribution in [2.45, 2.75) is 18.8 Å². The third kappa shape index (κ3) is 3.68. The molecule has 1 aliphatic heterocycles. The van der Waals surface area contributed by atoms with Gasteiger partial charge in [0.25, 0.3) is 5.91 Å². The molecule has 0 saturated carbocycles. The van der Waals surface area contributed by atoms with E-state index in [9.17, 15) is 9.18 Å². The number of thiazole rings is 1. The van der Waals surface area contributed by atoms with Crippen molar-refractivity contribution in [3.63, 3.8) is 0 Å². The summed E-state index contributed by atoms with van der Waals surface area (Å²) in [6.07, 6.45) is 3.97. The third-order valence-corrected chi connectivity index (χ3v) is 4.97. The van der Waals surface area contributed by atoms with E-state index in [4.69, 9.17) is 4.74 Å². The zero-order valence-electron chi connectivity index (χ0n) is 12.8. The Morgan fingerprint density at radius 3 is 2.96 bits per heavy atom. The summed E-state index contributed by atoms with van der Waals surface area (Å²) in [7, 11) is 1.45. The molecule has 1 aromatic carbocycles. The number of ether oxygens (including phenoxy) is 1. The van der Waals surface area contributed by atoms with Crippen LogP contribution in [0.25, 0.3) is 0 Å². The van der Waals surface area contributed by atoms with Crippen molar-refractivity contribution in [1.29, 1.82) is 0 Å². The SMILES string of the molecule is COc1ccc(F)cc1C(=O)Nc1ncc(C2CCNCC2)s1. The molecule has 3 rings (SSSR count). The van der Waals surface area contributed by atoms with Crippen LogP contribution in [0.3, 0.4) is 0 Å². The Morgan fingerprint density at radius 1 is 1.43 bits per heavy atom. The Balaban J connectivity index is 1.73. The molecule has 1 aromatic heterocycles. The molecule has 2 N–H and O–H groups in total. The van der Waals surface area contributed by atoms with Gasteiger partial charge in [-0.3, -0.25) is 10.1 Å². The van der Waals surface area contributed by atoms with Crippen LogP contribution in [0.1, 0.15) is 34.0 Å². The van der Waals surface area contributed by atoms with E-state index in [-0.39, 0.29) is 5.56 Å². The van der Waals surface area contributed by atoms with Crippen LogP contribution in [0.15, 0.2) is 24.4 Å². The van der Waals surface area contributed by atoms with E-state index < -0.39 is 11.7 Å². The fraction of sp³-hybridized carbons (Fsp3) is 0.375. The average molecular weight is 335 g/mol. The van der Waals surface area contributed by atoms with Crippen LogP contribution >= 0.6 is 11.3 Å². The fourth-order valence-electron chi connectivity index (χ4n) is 2.66. The summed E-state index contributed by atoms with van der Waals surface area (Å²) in [5.74, 6) is -0.0832. The monoisotopic (exact) mass is 335 g/mol. The minimum atomic E-state index is -0.481. The zero-order valence-corrected chi connectivity index (χ0v) is 13.6. The van der Waals surface area contributed by atoms with Crippen LogP contribution in [0, 0.1) is 5.82 Å². The molecular formula is C16H18FN3O2S. The molecule has 0 atom stereocenters. The van der Waals surface area contributed by atoms with Crippen molar-refractivity contribution in [1.82, 2.24) is 10.3 Å². The quantitative estimate of drug-likeness (QED) is 0.901. The third-order valence-electron chi connectivity index (χ3n) is 3.89. The molecule has 1 aliphatic rings. The van der Waals surface area contributed by atoms with Gasteiger partial charge < -0.3 is 10.1 Å². The number of benzene rings is 1. The first kappa shape index (κ1) is 15.9. The summed E-state index contributed by atoms with van der Waals surface area (Å²) >= 11 is 1.47. The molecule has 1 saturated heterocycles. The van der Waals surface area contributed by atoms with Gasteiger partial charge in [0.2, 0.25) is 0 Å². The van der Waals surface area contributed by atoms with Crippen LogP contribution in [0.4, 0.5) is 9.52 Å². The standard InChI is InChI=1S/C16H18FN3O2S/c1-22-13-3-2-11(17)8-12(13)15(21)20-16-19-9-14(23-16)10-4-6-18-7-5-10/h2-3,8-10,18H,4-7H2,1H3,(H,19,20,21). The van der Waals surface area contributed by atoms with Crippen molar-refractivity contribution in [3.8, 4) is 5.75 Å². The first-order chi connectivity index (χ1) is 11.2. The van der Waals surface area contributed by atoms with Crippen LogP contribution in [0.2, 0.25) is 0 Å². The lowest BCUT2D eigenvalue weighted by molar-refractivity contribution is 0.102. The number of methoxy groups -OCH3 is 1. The Morgan fingerprint density at radius 2 is 2.22 bits per heavy atom. The molecule has 2 aromatic rings. The zero-order chi connectivity index (χ0) is 16.2. The van der Waals surface area contributed by atoms with Crippen molar-refractivity contribution in [2.24, 2.45) is 0 Å². The Labute approximate surface area is 137 Å². The summed E-state index contributed by atoms with van der Waals surface area (Å²) < 4.78 is 18.5. The lowest BCUT2D eigenvalue weighted by Crippen LogP contribution is -2.26. The van der Waals surface area contributed by atoms with Gasteiger partial charge in [0, 0.05) is 11.1 Å². The molecular weight excluding hydrogens is 317 g/mol. The maximum atomic E-state index is 13.4. The van der Waals surface area contributed by atoms with E-state index in [1.165, 1.54) is 35.5 Å². The Kier molecular flexibility index (Phi) is 4.88. The number of amides is 1. The molecule has 0 aliphatic carbocycles. The van der Waals surface area contributed by atoms with Gasteiger partial charge in [0.05, 0.1) is 12.7 Å². The van der Waals surface area contributed by atoms with Crippen molar-refractivity contribution >= 4 is 22.4 Å². The fourth-order valence-corrected chi connectivity index (χ4v) is 3.64. The molecule has 2 heterocycles. The lowest BCUT2D eigenvalue weighted by atomic mass is 9.97. The van der Waals surface area contributed by atoms with Gasteiger partial charge in [-0.2, -0.15) is 0 Å². The van der Waals surface area contributed by atoms with E-state index >= 15 is 0 Å². The van der Waals surface area contributed by atoms with E-state index in [1.807, 2.05) is 6.20 Å². The largest absolute Gasteiger partial charge is 0.496 e. The topological polar surface area (TPSA) is 63.2 Å². The normalized spacial score (nSPS) is 15.4. The molecule has 5 nitrogen and oxygen atoms in total. The summed E-state index contributed by atoms with van der Waals surface area (Å²) in [4.78, 5) is 17.8. The number of carbonyl (C=O) groups is 1. The first-order valence-corrected chi connectivity index (χ1v) is 8.30. The van der Waals surface area contributed by atoms with Crippen LogP contribution in [-0.2, 0) is 0 Å². The summed E-state index contributed by atoms with van der Waals surface area (Å²) in [5.41, 5.74) is 0.158. The minimum Gasteiger partial charge on any atom is -0.496 e. The lowest BCUT2D eigenvalue weighted by Gasteiger charge is -2.20. The second-order valence-corrected chi connectivity index (χ2v) is 6.45. The van der Waals surface area contributed by atoms with Crippen LogP contribution < -0.4 is 15.4 Å². The molecule has 1 amide bonds. The average Bonchev–Trinajstić information content (AvgIpc) is 3.04. The van der Waals surface area contributed by atoms with E-state index in [0.717, 1.165) is 32.0 Å². The Hall–Kier alpha value is -1.99. The number of carbonyl (C=O) groups excluding carboxylic acids is 1. The molecule has 122 valence electrons. The van der Waals surface area contributed by atoms with Gasteiger partial charge >= 0.3 is 0 Å². The number of nitrogens with one attached hydrogen (secondary N) is 2. The van der Waals surface area contributed by atoms with Crippen LogP contribution in [-0.4, -0.2) is 31.1 Å². The smallest absolute Gasteiger partial charge is 0.261 e. The number of anilines is 1. The van der Waals surface area contributed by atoms with Gasteiger partial charge in [0.1, 0.15) is 11.6 Å². The molecule has 0 unspecified atom stereocenters. The maximum Gasteiger partial charge on any atom is 0.261 e. The second-order valence-electron chi connectivity index (χ2n) is 5.39. The molecule has 23 heavy (non-hydrogen) atoms. The van der Waals surface area contributed by atoms with Crippen molar-refractivity contribution in [3.05, 3.63) is 40.7 Å². The van der Waals surface area contributed by atoms with E-state index in [0.29, 0.717) is 16.8 Å². The molecule has 7 heteroatoms. The maximum absolute atomic E-state index is 13.4. The van der Waals surface area contributed by atoms with Gasteiger partial charge in [0.15, 0.2) is 5.13 Å². The number of aromatic nitrogens is 1. The predicted molar refractivity (Wildman–Crippen MR) is 87.9 cm³/mol. The molecule has 0 bridgehead atoms. The van der Waals surface area contributed by atoms with Crippen molar-refractivity contribution in [2.75, 3.05) is 25.5 Å². The van der Waals surface area contributed by atoms with Crippen molar-refractivity contribution < 1.29 is 13.9 Å². The molecule has 0 radical (unpaired) electrons. The number of hydrogen-bond acceptors (Lipinski definition) is 5.